The number of aromatic nitrogens is 1. The number of aromatic carboxylic acids is 1. The van der Waals surface area contributed by atoms with Crippen LogP contribution in [0.1, 0.15) is 20.7 Å². The second kappa shape index (κ2) is 6.05. The molecule has 0 saturated heterocycles. The summed E-state index contributed by atoms with van der Waals surface area (Å²) in [6.45, 7) is 0. The average Bonchev–Trinajstić information content (AvgIpc) is 2.46. The van der Waals surface area contributed by atoms with Gasteiger partial charge in [-0.2, -0.15) is 0 Å². The van der Waals surface area contributed by atoms with Crippen LogP contribution in [0, 0.1) is 0 Å². The van der Waals surface area contributed by atoms with Crippen molar-refractivity contribution in [3.8, 4) is 0 Å². The molecule has 2 rings (SSSR count). The molecule has 0 saturated carbocycles. The highest BCUT2D eigenvalue weighted by Crippen LogP contribution is 2.20. The van der Waals surface area contributed by atoms with E-state index in [9.17, 15) is 22.8 Å². The van der Waals surface area contributed by atoms with Crippen molar-refractivity contribution in [2.75, 3.05) is 11.6 Å². The first kappa shape index (κ1) is 16.4. The topological polar surface area (TPSA) is 133 Å². The fraction of sp³-hybridized carbons (Fsp3) is 0.0714. The Kier molecular flexibility index (Phi) is 4.32. The Morgan fingerprint density at radius 2 is 1.83 bits per heavy atom. The molecule has 0 aliphatic carbocycles. The van der Waals surface area contributed by atoms with Crippen molar-refractivity contribution in [3.63, 3.8) is 0 Å². The van der Waals surface area contributed by atoms with Crippen LogP contribution in [0.3, 0.4) is 0 Å². The number of nitrogens with one attached hydrogen (secondary N) is 2. The zero-order chi connectivity index (χ0) is 17.2. The van der Waals surface area contributed by atoms with Gasteiger partial charge in [0, 0.05) is 29.8 Å². The fourth-order valence-electron chi connectivity index (χ4n) is 1.80. The molecule has 120 valence electrons. The number of anilines is 1. The molecule has 2 aromatic rings. The van der Waals surface area contributed by atoms with Crippen LogP contribution < -0.4 is 10.9 Å². The number of carboxylic acids is 1. The molecule has 1 aromatic heterocycles. The van der Waals surface area contributed by atoms with Crippen LogP contribution >= 0.6 is 0 Å². The number of carbonyl (C=O) groups excluding carboxylic acids is 1. The molecular weight excluding hydrogens is 324 g/mol. The Morgan fingerprint density at radius 1 is 1.13 bits per heavy atom. The third-order valence-electron chi connectivity index (χ3n) is 2.88. The Morgan fingerprint density at radius 3 is 2.39 bits per heavy atom. The highest BCUT2D eigenvalue weighted by Gasteiger charge is 2.15. The summed E-state index contributed by atoms with van der Waals surface area (Å²) in [5.74, 6) is -2.00. The molecule has 0 atom stereocenters. The second-order valence-electron chi connectivity index (χ2n) is 4.72. The Labute approximate surface area is 130 Å². The van der Waals surface area contributed by atoms with Gasteiger partial charge < -0.3 is 15.4 Å². The van der Waals surface area contributed by atoms with Gasteiger partial charge in [0.2, 0.25) is 5.56 Å². The van der Waals surface area contributed by atoms with E-state index >= 15 is 0 Å². The van der Waals surface area contributed by atoms with Crippen LogP contribution in [0.15, 0.2) is 46.2 Å². The third-order valence-corrected chi connectivity index (χ3v) is 3.97. The monoisotopic (exact) mass is 336 g/mol. The zero-order valence-corrected chi connectivity index (χ0v) is 12.7. The average molecular weight is 336 g/mol. The number of amides is 1. The van der Waals surface area contributed by atoms with E-state index in [0.717, 1.165) is 30.5 Å². The lowest BCUT2D eigenvalue weighted by atomic mass is 10.2. The molecule has 0 bridgehead atoms. The minimum atomic E-state index is -3.66. The lowest BCUT2D eigenvalue weighted by molar-refractivity contribution is 0.0696. The van der Waals surface area contributed by atoms with E-state index in [1.807, 2.05) is 0 Å². The first-order valence-electron chi connectivity index (χ1n) is 6.25. The van der Waals surface area contributed by atoms with Gasteiger partial charge in [0.15, 0.2) is 9.84 Å². The van der Waals surface area contributed by atoms with Crippen LogP contribution in [0.4, 0.5) is 5.69 Å². The minimum Gasteiger partial charge on any atom is -0.478 e. The summed E-state index contributed by atoms with van der Waals surface area (Å²) in [5.41, 5.74) is -0.714. The predicted octanol–water partition coefficient (Wildman–Crippen LogP) is 0.729. The number of carboxylic acid groups (broad SMARTS) is 1. The van der Waals surface area contributed by atoms with Gasteiger partial charge in [0.25, 0.3) is 5.91 Å². The second-order valence-corrected chi connectivity index (χ2v) is 6.73. The van der Waals surface area contributed by atoms with Crippen LogP contribution in [-0.2, 0) is 9.84 Å². The number of sulfone groups is 1. The molecule has 1 aromatic carbocycles. The van der Waals surface area contributed by atoms with Crippen molar-refractivity contribution in [2.24, 2.45) is 0 Å². The molecule has 1 amide bonds. The van der Waals surface area contributed by atoms with Gasteiger partial charge in [-0.05, 0) is 24.3 Å². The lowest BCUT2D eigenvalue weighted by Crippen LogP contribution is -2.16. The first-order chi connectivity index (χ1) is 10.7. The van der Waals surface area contributed by atoms with Gasteiger partial charge in [-0.1, -0.05) is 0 Å². The zero-order valence-electron chi connectivity index (χ0n) is 11.9. The van der Waals surface area contributed by atoms with E-state index < -0.39 is 27.3 Å². The smallest absolute Gasteiger partial charge is 0.335 e. The van der Waals surface area contributed by atoms with E-state index in [-0.39, 0.29) is 21.7 Å². The Balaban J connectivity index is 2.43. The van der Waals surface area contributed by atoms with Gasteiger partial charge in [-0.25, -0.2) is 13.2 Å². The molecular formula is C14H12N2O6S. The molecule has 9 heteroatoms. The van der Waals surface area contributed by atoms with Crippen molar-refractivity contribution in [2.45, 2.75) is 4.90 Å². The number of hydrogen-bond donors (Lipinski definition) is 3. The number of H-pyrrole nitrogens is 1. The molecule has 8 nitrogen and oxygen atoms in total. The van der Waals surface area contributed by atoms with E-state index in [2.05, 4.69) is 10.3 Å². The van der Waals surface area contributed by atoms with E-state index in [1.165, 1.54) is 12.3 Å². The highest BCUT2D eigenvalue weighted by molar-refractivity contribution is 7.90. The van der Waals surface area contributed by atoms with Gasteiger partial charge in [0.05, 0.1) is 10.5 Å². The summed E-state index contributed by atoms with van der Waals surface area (Å²) in [7, 11) is -3.66. The van der Waals surface area contributed by atoms with E-state index in [1.54, 1.807) is 0 Å². The summed E-state index contributed by atoms with van der Waals surface area (Å²) >= 11 is 0. The molecule has 0 aliphatic rings. The largest absolute Gasteiger partial charge is 0.478 e. The third kappa shape index (κ3) is 4.04. The van der Waals surface area contributed by atoms with Gasteiger partial charge in [0.1, 0.15) is 0 Å². The molecule has 0 fully saturated rings. The van der Waals surface area contributed by atoms with Gasteiger partial charge in [-0.15, -0.1) is 0 Å². The minimum absolute atomic E-state index is 0.00407. The standard InChI is InChI=1S/C14H12N2O6S/c1-23(21,22)11-5-9(14(19)20)4-10(7-11)16-13(18)8-2-3-15-12(17)6-8/h2-7H,1H3,(H,15,17)(H,16,18)(H,19,20). The number of hydrogen-bond acceptors (Lipinski definition) is 5. The number of benzene rings is 1. The summed E-state index contributed by atoms with van der Waals surface area (Å²) in [6.07, 6.45) is 2.21. The van der Waals surface area contributed by atoms with Crippen LogP contribution in [0.5, 0.6) is 0 Å². The highest BCUT2D eigenvalue weighted by atomic mass is 32.2. The maximum atomic E-state index is 12.0. The van der Waals surface area contributed by atoms with Crippen molar-refractivity contribution in [1.82, 2.24) is 4.98 Å². The normalized spacial score (nSPS) is 11.0. The maximum absolute atomic E-state index is 12.0. The Bertz CT molecular complexity index is 946. The van der Waals surface area contributed by atoms with E-state index in [0.29, 0.717) is 0 Å². The van der Waals surface area contributed by atoms with Crippen LogP contribution in [0.2, 0.25) is 0 Å². The SMILES string of the molecule is CS(=O)(=O)c1cc(NC(=O)c2cc[nH]c(=O)c2)cc(C(=O)O)c1. The summed E-state index contributed by atoms with van der Waals surface area (Å²) in [5, 5.41) is 11.4. The van der Waals surface area contributed by atoms with Crippen molar-refractivity contribution < 1.29 is 23.1 Å². The molecule has 0 spiro atoms. The van der Waals surface area contributed by atoms with Gasteiger partial charge in [-0.3, -0.25) is 9.59 Å². The summed E-state index contributed by atoms with van der Waals surface area (Å²) in [6, 6.07) is 5.69. The first-order valence-corrected chi connectivity index (χ1v) is 8.14. The molecule has 0 aliphatic heterocycles. The summed E-state index contributed by atoms with van der Waals surface area (Å²) in [4.78, 5) is 36.4. The molecule has 1 heterocycles. The van der Waals surface area contributed by atoms with Crippen LogP contribution in [-0.4, -0.2) is 36.6 Å². The number of rotatable bonds is 4. The molecule has 0 unspecified atom stereocenters. The quantitative estimate of drug-likeness (QED) is 0.753. The van der Waals surface area contributed by atoms with Crippen molar-refractivity contribution >= 4 is 27.4 Å². The number of carbonyl (C=O) groups is 2. The number of pyridine rings is 1. The molecule has 3 N–H and O–H groups in total. The maximum Gasteiger partial charge on any atom is 0.335 e. The van der Waals surface area contributed by atoms with Gasteiger partial charge >= 0.3 is 5.97 Å². The molecule has 23 heavy (non-hydrogen) atoms. The fourth-order valence-corrected chi connectivity index (χ4v) is 2.48. The van der Waals surface area contributed by atoms with Crippen molar-refractivity contribution in [1.29, 1.82) is 0 Å². The lowest BCUT2D eigenvalue weighted by Gasteiger charge is -2.08. The Hall–Kier alpha value is -2.94. The summed E-state index contributed by atoms with van der Waals surface area (Å²) < 4.78 is 23.2. The van der Waals surface area contributed by atoms with Crippen LogP contribution in [0.25, 0.3) is 0 Å². The molecule has 0 radical (unpaired) electrons. The van der Waals surface area contributed by atoms with Crippen molar-refractivity contribution in [3.05, 3.63) is 58.0 Å². The number of aromatic amines is 1. The predicted molar refractivity (Wildman–Crippen MR) is 81.5 cm³/mol. The van der Waals surface area contributed by atoms with E-state index in [4.69, 9.17) is 5.11 Å².